The summed E-state index contributed by atoms with van der Waals surface area (Å²) in [5.74, 6) is -7.82. The van der Waals surface area contributed by atoms with E-state index in [1.807, 2.05) is 6.92 Å². The van der Waals surface area contributed by atoms with E-state index < -0.39 is 29.7 Å². The second-order valence-corrected chi connectivity index (χ2v) is 3.24. The van der Waals surface area contributed by atoms with Crippen molar-refractivity contribution in [2.24, 2.45) is 11.8 Å². The zero-order valence-electron chi connectivity index (χ0n) is 8.34. The molecule has 1 atom stereocenters. The standard InChI is InChI=1S/C9H14O6/c1-2-3-4-5(7(10)11)6(8(12)13)9(14)15/h5-6H,2-4H2,1H3,(H,10,11)(H,12,13)(H,14,15). The number of carboxylic acid groups (broad SMARTS) is 3. The Morgan fingerprint density at radius 3 is 1.73 bits per heavy atom. The van der Waals surface area contributed by atoms with E-state index in [0.29, 0.717) is 12.8 Å². The topological polar surface area (TPSA) is 112 Å². The summed E-state index contributed by atoms with van der Waals surface area (Å²) < 4.78 is 0. The van der Waals surface area contributed by atoms with E-state index in [1.165, 1.54) is 0 Å². The van der Waals surface area contributed by atoms with E-state index in [4.69, 9.17) is 15.3 Å². The molecule has 86 valence electrons. The van der Waals surface area contributed by atoms with Crippen LogP contribution < -0.4 is 0 Å². The highest BCUT2D eigenvalue weighted by atomic mass is 16.4. The molecule has 0 amide bonds. The lowest BCUT2D eigenvalue weighted by Gasteiger charge is -2.15. The average molecular weight is 218 g/mol. The molecule has 0 heterocycles. The molecular formula is C9H14O6. The third kappa shape index (κ3) is 3.97. The van der Waals surface area contributed by atoms with Gasteiger partial charge in [-0.25, -0.2) is 0 Å². The summed E-state index contributed by atoms with van der Waals surface area (Å²) in [6.45, 7) is 1.81. The molecule has 0 aromatic carbocycles. The zero-order valence-corrected chi connectivity index (χ0v) is 8.34. The number of rotatable bonds is 7. The SMILES string of the molecule is CCCCC(C(=O)O)C(C(=O)O)C(=O)O. The molecule has 0 saturated heterocycles. The second-order valence-electron chi connectivity index (χ2n) is 3.24. The summed E-state index contributed by atoms with van der Waals surface area (Å²) in [5.41, 5.74) is 0. The van der Waals surface area contributed by atoms with Crippen molar-refractivity contribution in [1.29, 1.82) is 0 Å². The molecule has 3 N–H and O–H groups in total. The van der Waals surface area contributed by atoms with Crippen LogP contribution in [-0.4, -0.2) is 33.2 Å². The molecule has 0 aliphatic carbocycles. The molecule has 0 aliphatic heterocycles. The second kappa shape index (κ2) is 6.00. The molecule has 0 saturated carbocycles. The van der Waals surface area contributed by atoms with Crippen LogP contribution in [0.1, 0.15) is 26.2 Å². The Hall–Kier alpha value is -1.59. The number of hydrogen-bond donors (Lipinski definition) is 3. The number of aliphatic carboxylic acids is 3. The lowest BCUT2D eigenvalue weighted by molar-refractivity contribution is -0.164. The van der Waals surface area contributed by atoms with E-state index in [0.717, 1.165) is 0 Å². The van der Waals surface area contributed by atoms with Crippen LogP contribution in [0.15, 0.2) is 0 Å². The van der Waals surface area contributed by atoms with Crippen molar-refractivity contribution in [2.45, 2.75) is 26.2 Å². The highest BCUT2D eigenvalue weighted by Gasteiger charge is 2.38. The zero-order chi connectivity index (χ0) is 12.0. The smallest absolute Gasteiger partial charge is 0.318 e. The number of carbonyl (C=O) groups is 3. The van der Waals surface area contributed by atoms with E-state index in [9.17, 15) is 14.4 Å². The van der Waals surface area contributed by atoms with Crippen molar-refractivity contribution < 1.29 is 29.7 Å². The maximum Gasteiger partial charge on any atom is 0.318 e. The largest absolute Gasteiger partial charge is 0.481 e. The maximum absolute atomic E-state index is 10.7. The molecule has 0 rings (SSSR count). The molecule has 0 bridgehead atoms. The molecular weight excluding hydrogens is 204 g/mol. The minimum Gasteiger partial charge on any atom is -0.481 e. The van der Waals surface area contributed by atoms with Crippen LogP contribution in [0.4, 0.5) is 0 Å². The van der Waals surface area contributed by atoms with Gasteiger partial charge in [0.15, 0.2) is 5.92 Å². The van der Waals surface area contributed by atoms with Crippen LogP contribution in [0.5, 0.6) is 0 Å². The highest BCUT2D eigenvalue weighted by Crippen LogP contribution is 2.20. The van der Waals surface area contributed by atoms with Crippen LogP contribution in [0.25, 0.3) is 0 Å². The molecule has 6 heteroatoms. The van der Waals surface area contributed by atoms with E-state index in [1.54, 1.807) is 0 Å². The third-order valence-electron chi connectivity index (χ3n) is 2.12. The van der Waals surface area contributed by atoms with Crippen LogP contribution in [-0.2, 0) is 14.4 Å². The minimum absolute atomic E-state index is 0.0646. The fourth-order valence-corrected chi connectivity index (χ4v) is 1.31. The first-order valence-corrected chi connectivity index (χ1v) is 4.60. The van der Waals surface area contributed by atoms with Crippen molar-refractivity contribution in [3.8, 4) is 0 Å². The Morgan fingerprint density at radius 1 is 1.00 bits per heavy atom. The molecule has 6 nitrogen and oxygen atoms in total. The van der Waals surface area contributed by atoms with Gasteiger partial charge in [0.25, 0.3) is 0 Å². The van der Waals surface area contributed by atoms with E-state index in [-0.39, 0.29) is 6.42 Å². The van der Waals surface area contributed by atoms with Gasteiger partial charge in [-0.2, -0.15) is 0 Å². The fraction of sp³-hybridized carbons (Fsp3) is 0.667. The van der Waals surface area contributed by atoms with Crippen LogP contribution in [0.3, 0.4) is 0 Å². The summed E-state index contributed by atoms with van der Waals surface area (Å²) >= 11 is 0. The summed E-state index contributed by atoms with van der Waals surface area (Å²) in [6.07, 6.45) is 1.25. The Balaban J connectivity index is 4.76. The fourth-order valence-electron chi connectivity index (χ4n) is 1.31. The molecule has 0 aliphatic rings. The van der Waals surface area contributed by atoms with Crippen molar-refractivity contribution in [3.63, 3.8) is 0 Å². The van der Waals surface area contributed by atoms with Crippen LogP contribution >= 0.6 is 0 Å². The lowest BCUT2D eigenvalue weighted by Crippen LogP contribution is -2.35. The molecule has 0 aromatic heterocycles. The first-order valence-electron chi connectivity index (χ1n) is 4.60. The quantitative estimate of drug-likeness (QED) is 0.541. The van der Waals surface area contributed by atoms with Gasteiger partial charge in [0.05, 0.1) is 5.92 Å². The van der Waals surface area contributed by atoms with Gasteiger partial charge in [-0.05, 0) is 6.42 Å². The molecule has 15 heavy (non-hydrogen) atoms. The van der Waals surface area contributed by atoms with Crippen LogP contribution in [0, 0.1) is 11.8 Å². The predicted molar refractivity (Wildman–Crippen MR) is 49.4 cm³/mol. The number of carboxylic acids is 3. The van der Waals surface area contributed by atoms with Gasteiger partial charge in [0.1, 0.15) is 0 Å². The van der Waals surface area contributed by atoms with Gasteiger partial charge < -0.3 is 15.3 Å². The highest BCUT2D eigenvalue weighted by molar-refractivity contribution is 5.97. The van der Waals surface area contributed by atoms with Gasteiger partial charge >= 0.3 is 17.9 Å². The Bertz CT molecular complexity index is 245. The summed E-state index contributed by atoms with van der Waals surface area (Å²) in [6, 6.07) is 0. The van der Waals surface area contributed by atoms with Crippen LogP contribution in [0.2, 0.25) is 0 Å². The molecule has 0 aromatic rings. The predicted octanol–water partition coefficient (Wildman–Crippen LogP) is 0.663. The molecule has 0 radical (unpaired) electrons. The summed E-state index contributed by atoms with van der Waals surface area (Å²) in [7, 11) is 0. The normalized spacial score (nSPS) is 12.4. The van der Waals surface area contributed by atoms with E-state index in [2.05, 4.69) is 0 Å². The monoisotopic (exact) mass is 218 g/mol. The average Bonchev–Trinajstić information content (AvgIpc) is 2.09. The Kier molecular flexibility index (Phi) is 5.36. The summed E-state index contributed by atoms with van der Waals surface area (Å²) in [5, 5.41) is 26.0. The Morgan fingerprint density at radius 2 is 1.47 bits per heavy atom. The third-order valence-corrected chi connectivity index (χ3v) is 2.12. The first-order chi connectivity index (χ1) is 6.91. The first kappa shape index (κ1) is 13.4. The molecule has 0 fully saturated rings. The Labute approximate surface area is 86.5 Å². The summed E-state index contributed by atoms with van der Waals surface area (Å²) in [4.78, 5) is 31.9. The number of hydrogen-bond acceptors (Lipinski definition) is 3. The van der Waals surface area contributed by atoms with Gasteiger partial charge in [0.2, 0.25) is 0 Å². The van der Waals surface area contributed by atoms with Crippen molar-refractivity contribution in [1.82, 2.24) is 0 Å². The van der Waals surface area contributed by atoms with Crippen molar-refractivity contribution >= 4 is 17.9 Å². The van der Waals surface area contributed by atoms with E-state index >= 15 is 0 Å². The minimum atomic E-state index is -1.87. The molecule has 0 spiro atoms. The van der Waals surface area contributed by atoms with Crippen molar-refractivity contribution in [2.75, 3.05) is 0 Å². The maximum atomic E-state index is 10.7. The van der Waals surface area contributed by atoms with Gasteiger partial charge in [-0.15, -0.1) is 0 Å². The van der Waals surface area contributed by atoms with Gasteiger partial charge in [-0.1, -0.05) is 19.8 Å². The van der Waals surface area contributed by atoms with Gasteiger partial charge in [-0.3, -0.25) is 14.4 Å². The number of unbranched alkanes of at least 4 members (excludes halogenated alkanes) is 1. The van der Waals surface area contributed by atoms with Gasteiger partial charge in [0, 0.05) is 0 Å². The molecule has 1 unspecified atom stereocenters. The van der Waals surface area contributed by atoms with Crippen molar-refractivity contribution in [3.05, 3.63) is 0 Å². The lowest BCUT2D eigenvalue weighted by atomic mass is 9.88.